The van der Waals surface area contributed by atoms with E-state index in [4.69, 9.17) is 5.73 Å². The molecule has 0 radical (unpaired) electrons. The van der Waals surface area contributed by atoms with Crippen LogP contribution in [0.2, 0.25) is 0 Å². The van der Waals surface area contributed by atoms with Crippen LogP contribution in [0.3, 0.4) is 0 Å². The molecule has 0 spiro atoms. The van der Waals surface area contributed by atoms with Gasteiger partial charge in [-0.3, -0.25) is 0 Å². The van der Waals surface area contributed by atoms with Crippen molar-refractivity contribution in [3.8, 4) is 0 Å². The third kappa shape index (κ3) is 2.83. The van der Waals surface area contributed by atoms with Gasteiger partial charge in [-0.2, -0.15) is 10.6 Å². The maximum Gasteiger partial charge on any atom is 0.108 e. The summed E-state index contributed by atoms with van der Waals surface area (Å²) in [7, 11) is 0. The summed E-state index contributed by atoms with van der Waals surface area (Å²) in [6.45, 7) is 0. The first-order chi connectivity index (χ1) is 5.93. The highest BCUT2D eigenvalue weighted by molar-refractivity contribution is 5.79. The zero-order valence-corrected chi connectivity index (χ0v) is 6.51. The number of hydrogen-bond acceptors (Lipinski definition) is 3. The molecular formula is C8H10N4. The van der Waals surface area contributed by atoms with Gasteiger partial charge >= 0.3 is 0 Å². The van der Waals surface area contributed by atoms with Gasteiger partial charge in [-0.25, -0.2) is 0 Å². The molecule has 0 amide bonds. The van der Waals surface area contributed by atoms with E-state index in [0.717, 1.165) is 11.9 Å². The van der Waals surface area contributed by atoms with Crippen molar-refractivity contribution in [3.63, 3.8) is 0 Å². The van der Waals surface area contributed by atoms with Gasteiger partial charge in [0.25, 0.3) is 0 Å². The number of nitrogens with zero attached hydrogens (tertiary/aromatic N) is 2. The number of rotatable bonds is 3. The largest absolute Gasteiger partial charge is 0.388 e. The molecule has 1 aromatic carbocycles. The van der Waals surface area contributed by atoms with E-state index in [1.165, 1.54) is 0 Å². The van der Waals surface area contributed by atoms with Crippen molar-refractivity contribution < 1.29 is 0 Å². The van der Waals surface area contributed by atoms with Crippen molar-refractivity contribution in [3.05, 3.63) is 35.9 Å². The zero-order valence-electron chi connectivity index (χ0n) is 6.51. The van der Waals surface area contributed by atoms with Gasteiger partial charge in [0.05, 0.1) is 6.21 Å². The number of hydrazone groups is 2. The first-order valence-corrected chi connectivity index (χ1v) is 3.50. The summed E-state index contributed by atoms with van der Waals surface area (Å²) >= 11 is 0. The quantitative estimate of drug-likeness (QED) is 0.386. The summed E-state index contributed by atoms with van der Waals surface area (Å²) in [4.78, 5) is 0. The molecule has 12 heavy (non-hydrogen) atoms. The summed E-state index contributed by atoms with van der Waals surface area (Å²) in [5.41, 5.74) is 8.39. The molecule has 4 nitrogen and oxygen atoms in total. The lowest BCUT2D eigenvalue weighted by Gasteiger charge is -1.89. The molecular weight excluding hydrogens is 152 g/mol. The van der Waals surface area contributed by atoms with E-state index in [1.807, 2.05) is 30.3 Å². The van der Waals surface area contributed by atoms with Crippen LogP contribution in [0.1, 0.15) is 5.56 Å². The van der Waals surface area contributed by atoms with Gasteiger partial charge in [-0.05, 0) is 5.56 Å². The fraction of sp³-hybridized carbons (Fsp3) is 0. The molecule has 4 heteroatoms. The van der Waals surface area contributed by atoms with Crippen LogP contribution in [0.15, 0.2) is 40.5 Å². The highest BCUT2D eigenvalue weighted by Crippen LogP contribution is 1.92. The third-order valence-electron chi connectivity index (χ3n) is 1.20. The zero-order chi connectivity index (χ0) is 8.65. The topological polar surface area (TPSA) is 62.8 Å². The molecule has 0 unspecified atom stereocenters. The maximum atomic E-state index is 4.98. The Kier molecular flexibility index (Phi) is 3.37. The summed E-state index contributed by atoms with van der Waals surface area (Å²) in [5.74, 6) is 0. The van der Waals surface area contributed by atoms with Crippen molar-refractivity contribution in [2.45, 2.75) is 0 Å². The maximum absolute atomic E-state index is 4.98. The van der Waals surface area contributed by atoms with Gasteiger partial charge in [-0.1, -0.05) is 30.3 Å². The molecule has 0 fully saturated rings. The van der Waals surface area contributed by atoms with Crippen molar-refractivity contribution in [1.29, 1.82) is 0 Å². The predicted molar refractivity (Wildman–Crippen MR) is 49.9 cm³/mol. The standard InChI is InChI=1S/C8H10N4/c9-7-11-12-10-6-8-4-2-1-3-5-8/h1-7,12H,(H2,9,11)/b10-6+. The van der Waals surface area contributed by atoms with Gasteiger partial charge in [0.15, 0.2) is 0 Å². The van der Waals surface area contributed by atoms with Gasteiger partial charge in [0, 0.05) is 0 Å². The fourth-order valence-electron chi connectivity index (χ4n) is 0.709. The number of nitrogens with one attached hydrogen (secondary N) is 1. The highest BCUT2D eigenvalue weighted by atomic mass is 15.5. The fourth-order valence-corrected chi connectivity index (χ4v) is 0.709. The Balaban J connectivity index is 2.47. The Hall–Kier alpha value is -1.84. The minimum absolute atomic E-state index is 1.01. The van der Waals surface area contributed by atoms with Crippen molar-refractivity contribution in [1.82, 2.24) is 5.53 Å². The van der Waals surface area contributed by atoms with E-state index < -0.39 is 0 Å². The smallest absolute Gasteiger partial charge is 0.108 e. The van der Waals surface area contributed by atoms with Crippen molar-refractivity contribution in [2.24, 2.45) is 15.9 Å². The Morgan fingerprint density at radius 2 is 1.92 bits per heavy atom. The molecule has 3 N–H and O–H groups in total. The molecule has 1 aromatic rings. The van der Waals surface area contributed by atoms with Crippen LogP contribution in [0, 0.1) is 0 Å². The minimum Gasteiger partial charge on any atom is -0.388 e. The van der Waals surface area contributed by atoms with E-state index in [0.29, 0.717) is 0 Å². The predicted octanol–water partition coefficient (Wildman–Crippen LogP) is 0.512. The lowest BCUT2D eigenvalue weighted by atomic mass is 10.2. The summed E-state index contributed by atoms with van der Waals surface area (Å²) < 4.78 is 0. The SMILES string of the molecule is N/C=N\N/N=C/c1ccccc1. The second kappa shape index (κ2) is 4.90. The number of hydrogen-bond donors (Lipinski definition) is 2. The van der Waals surface area contributed by atoms with E-state index in [9.17, 15) is 0 Å². The normalized spacial score (nSPS) is 11.0. The molecule has 0 aliphatic rings. The summed E-state index contributed by atoms with van der Waals surface area (Å²) in [5, 5.41) is 7.27. The summed E-state index contributed by atoms with van der Waals surface area (Å²) in [6, 6.07) is 9.71. The first kappa shape index (κ1) is 8.26. The molecule has 0 aromatic heterocycles. The van der Waals surface area contributed by atoms with Gasteiger partial charge in [-0.15, -0.1) is 5.10 Å². The highest BCUT2D eigenvalue weighted by Gasteiger charge is 1.80. The Labute approximate surface area is 70.8 Å². The molecule has 62 valence electrons. The minimum atomic E-state index is 1.01. The molecule has 0 aliphatic heterocycles. The average molecular weight is 162 g/mol. The average Bonchev–Trinajstić information content (AvgIpc) is 2.14. The van der Waals surface area contributed by atoms with Crippen LogP contribution in [0.4, 0.5) is 0 Å². The molecule has 0 aliphatic carbocycles. The van der Waals surface area contributed by atoms with E-state index in [2.05, 4.69) is 15.7 Å². The van der Waals surface area contributed by atoms with Crippen LogP contribution < -0.4 is 11.3 Å². The van der Waals surface area contributed by atoms with Crippen LogP contribution >= 0.6 is 0 Å². The number of benzene rings is 1. The van der Waals surface area contributed by atoms with Gasteiger partial charge < -0.3 is 5.73 Å². The monoisotopic (exact) mass is 162 g/mol. The molecule has 0 saturated carbocycles. The molecule has 0 bridgehead atoms. The van der Waals surface area contributed by atoms with Gasteiger partial charge in [0.2, 0.25) is 0 Å². The van der Waals surface area contributed by atoms with Crippen LogP contribution in [-0.2, 0) is 0 Å². The van der Waals surface area contributed by atoms with Crippen LogP contribution in [0.5, 0.6) is 0 Å². The number of nitrogens with two attached hydrogens (primary N) is 1. The molecule has 0 saturated heterocycles. The molecule has 0 atom stereocenters. The molecule has 0 heterocycles. The Morgan fingerprint density at radius 1 is 1.17 bits per heavy atom. The Bertz CT molecular complexity index is 266. The van der Waals surface area contributed by atoms with E-state index >= 15 is 0 Å². The van der Waals surface area contributed by atoms with Crippen molar-refractivity contribution >= 4 is 12.6 Å². The summed E-state index contributed by atoms with van der Waals surface area (Å²) in [6.07, 6.45) is 2.80. The third-order valence-corrected chi connectivity index (χ3v) is 1.20. The van der Waals surface area contributed by atoms with E-state index in [-0.39, 0.29) is 0 Å². The lowest BCUT2D eigenvalue weighted by molar-refractivity contribution is 0.816. The van der Waals surface area contributed by atoms with Crippen LogP contribution in [0.25, 0.3) is 0 Å². The second-order valence-electron chi connectivity index (χ2n) is 2.05. The second-order valence-corrected chi connectivity index (χ2v) is 2.05. The van der Waals surface area contributed by atoms with Gasteiger partial charge in [0.1, 0.15) is 6.34 Å². The van der Waals surface area contributed by atoms with E-state index in [1.54, 1.807) is 6.21 Å². The lowest BCUT2D eigenvalue weighted by Crippen LogP contribution is -1.99. The first-order valence-electron chi connectivity index (χ1n) is 3.50. The van der Waals surface area contributed by atoms with Crippen LogP contribution in [-0.4, -0.2) is 12.6 Å². The van der Waals surface area contributed by atoms with Crippen molar-refractivity contribution in [2.75, 3.05) is 0 Å². The molecule has 1 rings (SSSR count). The Morgan fingerprint density at radius 3 is 2.58 bits per heavy atom.